The van der Waals surface area contributed by atoms with E-state index in [4.69, 9.17) is 4.74 Å². The summed E-state index contributed by atoms with van der Waals surface area (Å²) in [6.07, 6.45) is 1.61. The molecule has 1 fully saturated rings. The minimum atomic E-state index is -1.09. The first-order valence-electron chi connectivity index (χ1n) is 9.78. The summed E-state index contributed by atoms with van der Waals surface area (Å²) in [5, 5.41) is 13.6. The van der Waals surface area contributed by atoms with E-state index in [2.05, 4.69) is 10.7 Å². The number of carbonyl (C=O) groups excluding carboxylic acids is 3. The predicted octanol–water partition coefficient (Wildman–Crippen LogP) is 1.40. The van der Waals surface area contributed by atoms with Crippen LogP contribution in [0.15, 0.2) is 54.6 Å². The lowest BCUT2D eigenvalue weighted by molar-refractivity contribution is -0.148. The fourth-order valence-corrected chi connectivity index (χ4v) is 3.37. The van der Waals surface area contributed by atoms with Crippen LogP contribution in [-0.2, 0) is 20.7 Å². The van der Waals surface area contributed by atoms with E-state index in [-0.39, 0.29) is 18.1 Å². The SMILES string of the molecule is COC(=O)[C@H](Cc1ccc(O)cc1)N(NC(=O)[C@@H]1CCCN1)C(=O)c1ccccc1. The number of carbonyl (C=O) groups is 3. The molecule has 0 bridgehead atoms. The maximum absolute atomic E-state index is 13.2. The molecule has 8 heteroatoms. The number of benzene rings is 2. The first kappa shape index (κ1) is 21.3. The number of methoxy groups -OCH3 is 1. The predicted molar refractivity (Wildman–Crippen MR) is 109 cm³/mol. The van der Waals surface area contributed by atoms with E-state index in [9.17, 15) is 19.5 Å². The summed E-state index contributed by atoms with van der Waals surface area (Å²) in [5.74, 6) is -1.47. The Morgan fingerprint density at radius 3 is 2.47 bits per heavy atom. The number of hydrogen-bond acceptors (Lipinski definition) is 6. The third-order valence-electron chi connectivity index (χ3n) is 5.00. The highest BCUT2D eigenvalue weighted by Gasteiger charge is 2.35. The largest absolute Gasteiger partial charge is 0.508 e. The zero-order valence-electron chi connectivity index (χ0n) is 16.7. The highest BCUT2D eigenvalue weighted by atomic mass is 16.5. The Balaban J connectivity index is 1.92. The fourth-order valence-electron chi connectivity index (χ4n) is 3.37. The number of esters is 1. The second-order valence-corrected chi connectivity index (χ2v) is 7.08. The van der Waals surface area contributed by atoms with Gasteiger partial charge in [0.05, 0.1) is 13.2 Å². The van der Waals surface area contributed by atoms with Gasteiger partial charge in [0.15, 0.2) is 6.04 Å². The van der Waals surface area contributed by atoms with Gasteiger partial charge in [0.25, 0.3) is 11.8 Å². The number of amides is 2. The zero-order valence-corrected chi connectivity index (χ0v) is 16.7. The maximum atomic E-state index is 13.2. The summed E-state index contributed by atoms with van der Waals surface area (Å²) in [7, 11) is 1.23. The van der Waals surface area contributed by atoms with E-state index in [1.165, 1.54) is 19.2 Å². The van der Waals surface area contributed by atoms with Gasteiger partial charge in [-0.3, -0.25) is 15.0 Å². The number of ether oxygens (including phenoxy) is 1. The number of phenolic OH excluding ortho intramolecular Hbond substituents is 1. The molecule has 3 N–H and O–H groups in total. The van der Waals surface area contributed by atoms with Crippen molar-refractivity contribution in [2.75, 3.05) is 13.7 Å². The van der Waals surface area contributed by atoms with Crippen LogP contribution in [0.3, 0.4) is 0 Å². The first-order chi connectivity index (χ1) is 14.5. The molecule has 1 aliphatic rings. The Bertz CT molecular complexity index is 879. The normalized spacial score (nSPS) is 16.5. The van der Waals surface area contributed by atoms with Crippen LogP contribution in [0.2, 0.25) is 0 Å². The molecule has 8 nitrogen and oxygen atoms in total. The van der Waals surface area contributed by atoms with Gasteiger partial charge in [-0.15, -0.1) is 0 Å². The highest BCUT2D eigenvalue weighted by molar-refractivity contribution is 5.98. The average Bonchev–Trinajstić information content (AvgIpc) is 3.32. The number of nitrogens with one attached hydrogen (secondary N) is 2. The smallest absolute Gasteiger partial charge is 0.331 e. The molecular weight excluding hydrogens is 386 g/mol. The van der Waals surface area contributed by atoms with Crippen LogP contribution in [-0.4, -0.2) is 53.6 Å². The second kappa shape index (κ2) is 9.89. The van der Waals surface area contributed by atoms with E-state index in [0.29, 0.717) is 17.5 Å². The molecule has 0 saturated carbocycles. The molecule has 2 aromatic rings. The summed E-state index contributed by atoms with van der Waals surface area (Å²) in [4.78, 5) is 38.6. The van der Waals surface area contributed by atoms with Gasteiger partial charge < -0.3 is 15.2 Å². The number of aromatic hydroxyl groups is 1. The topological polar surface area (TPSA) is 108 Å². The van der Waals surface area contributed by atoms with Gasteiger partial charge in [0.2, 0.25) is 0 Å². The third-order valence-corrected chi connectivity index (χ3v) is 5.00. The molecule has 3 rings (SSSR count). The van der Waals surface area contributed by atoms with Gasteiger partial charge in [-0.1, -0.05) is 30.3 Å². The minimum absolute atomic E-state index is 0.0891. The Kier molecular flexibility index (Phi) is 7.03. The molecule has 2 amide bonds. The van der Waals surface area contributed by atoms with Crippen molar-refractivity contribution >= 4 is 17.8 Å². The summed E-state index contributed by atoms with van der Waals surface area (Å²) in [6, 6.07) is 13.2. The Labute approximate surface area is 174 Å². The number of nitrogens with zero attached hydrogens (tertiary/aromatic N) is 1. The van der Waals surface area contributed by atoms with Gasteiger partial charge in [-0.05, 0) is 49.2 Å². The van der Waals surface area contributed by atoms with E-state index in [1.807, 2.05) is 0 Å². The number of hydrogen-bond donors (Lipinski definition) is 3. The summed E-state index contributed by atoms with van der Waals surface area (Å²) in [5.41, 5.74) is 3.66. The van der Waals surface area contributed by atoms with Crippen molar-refractivity contribution in [3.8, 4) is 5.75 Å². The maximum Gasteiger partial charge on any atom is 0.331 e. The van der Waals surface area contributed by atoms with Crippen molar-refractivity contribution < 1.29 is 24.2 Å². The molecule has 0 aromatic heterocycles. The molecule has 0 aliphatic carbocycles. The highest BCUT2D eigenvalue weighted by Crippen LogP contribution is 2.17. The van der Waals surface area contributed by atoms with Crippen LogP contribution < -0.4 is 10.7 Å². The van der Waals surface area contributed by atoms with Gasteiger partial charge in [-0.25, -0.2) is 9.80 Å². The van der Waals surface area contributed by atoms with E-state index in [0.717, 1.165) is 18.0 Å². The van der Waals surface area contributed by atoms with Crippen molar-refractivity contribution in [3.05, 3.63) is 65.7 Å². The number of rotatable bonds is 6. The standard InChI is InChI=1S/C22H25N3O5/c1-30-22(29)19(14-15-9-11-17(26)12-10-15)25(21(28)16-6-3-2-4-7-16)24-20(27)18-8-5-13-23-18/h2-4,6-7,9-12,18-19,23,26H,5,8,13-14H2,1H3,(H,24,27)/t18-,19-/m0/s1. The molecule has 158 valence electrons. The summed E-state index contributed by atoms with van der Waals surface area (Å²) in [6.45, 7) is 0.721. The quantitative estimate of drug-likeness (QED) is 0.490. The fraction of sp³-hybridized carbons (Fsp3) is 0.318. The molecule has 1 heterocycles. The monoisotopic (exact) mass is 411 g/mol. The summed E-state index contributed by atoms with van der Waals surface area (Å²) >= 11 is 0. The number of hydrazine groups is 1. The van der Waals surface area contributed by atoms with Crippen LogP contribution in [0.5, 0.6) is 5.75 Å². The average molecular weight is 411 g/mol. The Morgan fingerprint density at radius 2 is 1.87 bits per heavy atom. The van der Waals surface area contributed by atoms with Crippen LogP contribution in [0, 0.1) is 0 Å². The molecule has 30 heavy (non-hydrogen) atoms. The van der Waals surface area contributed by atoms with Gasteiger partial charge in [-0.2, -0.15) is 0 Å². The minimum Gasteiger partial charge on any atom is -0.508 e. The molecule has 1 saturated heterocycles. The van der Waals surface area contributed by atoms with Crippen LogP contribution >= 0.6 is 0 Å². The van der Waals surface area contributed by atoms with Crippen molar-refractivity contribution in [2.24, 2.45) is 0 Å². The lowest BCUT2D eigenvalue weighted by Crippen LogP contribution is -2.58. The molecule has 0 unspecified atom stereocenters. The molecule has 0 radical (unpaired) electrons. The van der Waals surface area contributed by atoms with Crippen molar-refractivity contribution in [3.63, 3.8) is 0 Å². The lowest BCUT2D eigenvalue weighted by Gasteiger charge is -2.31. The van der Waals surface area contributed by atoms with E-state index >= 15 is 0 Å². The van der Waals surface area contributed by atoms with Crippen LogP contribution in [0.1, 0.15) is 28.8 Å². The van der Waals surface area contributed by atoms with E-state index < -0.39 is 24.0 Å². The van der Waals surface area contributed by atoms with Gasteiger partial charge in [0.1, 0.15) is 5.75 Å². The molecule has 1 aliphatic heterocycles. The van der Waals surface area contributed by atoms with Crippen molar-refractivity contribution in [2.45, 2.75) is 31.3 Å². The molecule has 2 aromatic carbocycles. The third kappa shape index (κ3) is 5.15. The van der Waals surface area contributed by atoms with Crippen molar-refractivity contribution in [1.82, 2.24) is 15.8 Å². The number of phenols is 1. The first-order valence-corrected chi connectivity index (χ1v) is 9.78. The summed E-state index contributed by atoms with van der Waals surface area (Å²) < 4.78 is 4.93. The van der Waals surface area contributed by atoms with Crippen LogP contribution in [0.25, 0.3) is 0 Å². The van der Waals surface area contributed by atoms with Gasteiger partial charge in [0, 0.05) is 12.0 Å². The van der Waals surface area contributed by atoms with Crippen LogP contribution in [0.4, 0.5) is 0 Å². The zero-order chi connectivity index (χ0) is 21.5. The lowest BCUT2D eigenvalue weighted by atomic mass is 10.0. The Hall–Kier alpha value is -3.39. The van der Waals surface area contributed by atoms with Gasteiger partial charge >= 0.3 is 5.97 Å². The second-order valence-electron chi connectivity index (χ2n) is 7.08. The molecule has 0 spiro atoms. The van der Waals surface area contributed by atoms with E-state index in [1.54, 1.807) is 42.5 Å². The molecular formula is C22H25N3O5. The van der Waals surface area contributed by atoms with Crippen molar-refractivity contribution in [1.29, 1.82) is 0 Å². The molecule has 2 atom stereocenters. The Morgan fingerprint density at radius 1 is 1.17 bits per heavy atom.